The van der Waals surface area contributed by atoms with Gasteiger partial charge < -0.3 is 0 Å². The molecule has 1 amide bonds. The largest absolute Gasteiger partial charge is 0.298 e. The summed E-state index contributed by atoms with van der Waals surface area (Å²) < 4.78 is 0. The summed E-state index contributed by atoms with van der Waals surface area (Å²) in [5.41, 5.74) is 1.84. The molecule has 0 unspecified atom stereocenters. The summed E-state index contributed by atoms with van der Waals surface area (Å²) in [6.07, 6.45) is 3.32. The smallest absolute Gasteiger partial charge is 0.257 e. The lowest BCUT2D eigenvalue weighted by atomic mass is 9.93. The number of anilines is 1. The van der Waals surface area contributed by atoms with Crippen LogP contribution in [-0.2, 0) is 12.8 Å². The normalized spacial score (nSPS) is 17.8. The fourth-order valence-electron chi connectivity index (χ4n) is 2.35. The van der Waals surface area contributed by atoms with Gasteiger partial charge in [0.1, 0.15) is 0 Å². The lowest BCUT2D eigenvalue weighted by Gasteiger charge is -2.15. The van der Waals surface area contributed by atoms with Crippen molar-refractivity contribution < 1.29 is 4.79 Å². The molecule has 0 fully saturated rings. The Kier molecular flexibility index (Phi) is 3.34. The zero-order valence-electron chi connectivity index (χ0n) is 10.8. The molecule has 0 radical (unpaired) electrons. The highest BCUT2D eigenvalue weighted by Gasteiger charge is 2.20. The minimum Gasteiger partial charge on any atom is -0.298 e. The Bertz CT molecular complexity index is 591. The third-order valence-electron chi connectivity index (χ3n) is 3.44. The molecule has 0 bridgehead atoms. The maximum Gasteiger partial charge on any atom is 0.257 e. The monoisotopic (exact) mass is 272 g/mol. The molecular weight excluding hydrogens is 256 g/mol. The van der Waals surface area contributed by atoms with E-state index in [1.165, 1.54) is 17.0 Å². The number of aryl methyl sites for hydroxylation is 1. The highest BCUT2D eigenvalue weighted by Crippen LogP contribution is 2.32. The molecular formula is C15H16N2OS. The van der Waals surface area contributed by atoms with E-state index in [4.69, 9.17) is 0 Å². The highest BCUT2D eigenvalue weighted by molar-refractivity contribution is 7.15. The predicted molar refractivity (Wildman–Crippen MR) is 77.7 cm³/mol. The van der Waals surface area contributed by atoms with Gasteiger partial charge in [0.25, 0.3) is 5.91 Å². The predicted octanol–water partition coefficient (Wildman–Crippen LogP) is 3.52. The quantitative estimate of drug-likeness (QED) is 0.909. The van der Waals surface area contributed by atoms with E-state index < -0.39 is 0 Å². The first-order valence-electron chi connectivity index (χ1n) is 6.57. The van der Waals surface area contributed by atoms with Crippen molar-refractivity contribution in [2.45, 2.75) is 26.2 Å². The van der Waals surface area contributed by atoms with Crippen molar-refractivity contribution >= 4 is 22.4 Å². The summed E-state index contributed by atoms with van der Waals surface area (Å²) in [4.78, 5) is 17.9. The van der Waals surface area contributed by atoms with Gasteiger partial charge in [-0.3, -0.25) is 10.1 Å². The summed E-state index contributed by atoms with van der Waals surface area (Å²) >= 11 is 1.62. The van der Waals surface area contributed by atoms with E-state index in [2.05, 4.69) is 17.2 Å². The fourth-order valence-corrected chi connectivity index (χ4v) is 3.52. The first-order valence-corrected chi connectivity index (χ1v) is 7.39. The molecule has 2 aromatic rings. The SMILES string of the molecule is C[C@H]1CCc2nc(NC(=O)c3ccccc3)sc2C1. The van der Waals surface area contributed by atoms with Crippen molar-refractivity contribution in [2.24, 2.45) is 5.92 Å². The minimum atomic E-state index is -0.0836. The Morgan fingerprint density at radius 3 is 2.95 bits per heavy atom. The van der Waals surface area contributed by atoms with Crippen LogP contribution in [0.1, 0.15) is 34.3 Å². The van der Waals surface area contributed by atoms with Gasteiger partial charge in [0.15, 0.2) is 5.13 Å². The van der Waals surface area contributed by atoms with Crippen LogP contribution in [0, 0.1) is 5.92 Å². The standard InChI is InChI=1S/C15H16N2OS/c1-10-7-8-12-13(9-10)19-15(16-12)17-14(18)11-5-3-2-4-6-11/h2-6,10H,7-9H2,1H3,(H,16,17,18)/t10-/m0/s1. The molecule has 0 saturated carbocycles. The molecule has 0 spiro atoms. The second-order valence-electron chi connectivity index (χ2n) is 5.06. The molecule has 1 aromatic heterocycles. The summed E-state index contributed by atoms with van der Waals surface area (Å²) in [6, 6.07) is 9.25. The first kappa shape index (κ1) is 12.4. The van der Waals surface area contributed by atoms with Crippen molar-refractivity contribution in [2.75, 3.05) is 5.32 Å². The molecule has 98 valence electrons. The molecule has 3 rings (SSSR count). The maximum absolute atomic E-state index is 12.0. The number of nitrogens with zero attached hydrogens (tertiary/aromatic N) is 1. The Balaban J connectivity index is 1.76. The van der Waals surface area contributed by atoms with E-state index in [0.29, 0.717) is 5.56 Å². The third-order valence-corrected chi connectivity index (χ3v) is 4.48. The van der Waals surface area contributed by atoms with Crippen LogP contribution < -0.4 is 5.32 Å². The highest BCUT2D eigenvalue weighted by atomic mass is 32.1. The Morgan fingerprint density at radius 2 is 2.16 bits per heavy atom. The Hall–Kier alpha value is -1.68. The molecule has 0 saturated heterocycles. The van der Waals surface area contributed by atoms with Crippen molar-refractivity contribution in [3.8, 4) is 0 Å². The van der Waals surface area contributed by atoms with E-state index in [1.54, 1.807) is 11.3 Å². The van der Waals surface area contributed by atoms with Crippen molar-refractivity contribution in [3.05, 3.63) is 46.5 Å². The Morgan fingerprint density at radius 1 is 1.37 bits per heavy atom. The average molecular weight is 272 g/mol. The maximum atomic E-state index is 12.0. The van der Waals surface area contributed by atoms with Crippen LogP contribution in [-0.4, -0.2) is 10.9 Å². The number of thiazole rings is 1. The van der Waals surface area contributed by atoms with E-state index in [1.807, 2.05) is 30.3 Å². The van der Waals surface area contributed by atoms with E-state index >= 15 is 0 Å². The molecule has 1 heterocycles. The summed E-state index contributed by atoms with van der Waals surface area (Å²) in [5.74, 6) is 0.644. The van der Waals surface area contributed by atoms with Gasteiger partial charge in [0.05, 0.1) is 5.69 Å². The summed E-state index contributed by atoms with van der Waals surface area (Å²) in [6.45, 7) is 2.27. The van der Waals surface area contributed by atoms with Crippen molar-refractivity contribution in [1.29, 1.82) is 0 Å². The first-order chi connectivity index (χ1) is 9.22. The van der Waals surface area contributed by atoms with E-state index in [-0.39, 0.29) is 5.91 Å². The molecule has 19 heavy (non-hydrogen) atoms. The molecule has 1 N–H and O–H groups in total. The van der Waals surface area contributed by atoms with Gasteiger partial charge in [0.2, 0.25) is 0 Å². The van der Waals surface area contributed by atoms with Gasteiger partial charge in [-0.25, -0.2) is 4.98 Å². The minimum absolute atomic E-state index is 0.0836. The van der Waals surface area contributed by atoms with Gasteiger partial charge in [-0.05, 0) is 37.3 Å². The zero-order valence-corrected chi connectivity index (χ0v) is 11.7. The Labute approximate surface area is 116 Å². The van der Waals surface area contributed by atoms with Gasteiger partial charge in [-0.1, -0.05) is 25.1 Å². The molecule has 4 heteroatoms. The molecule has 0 aliphatic heterocycles. The summed E-state index contributed by atoms with van der Waals surface area (Å²) in [7, 11) is 0. The van der Waals surface area contributed by atoms with Crippen LogP contribution in [0.3, 0.4) is 0 Å². The van der Waals surface area contributed by atoms with Crippen LogP contribution in [0.5, 0.6) is 0 Å². The van der Waals surface area contributed by atoms with Gasteiger partial charge >= 0.3 is 0 Å². The summed E-state index contributed by atoms with van der Waals surface area (Å²) in [5, 5.41) is 3.63. The topological polar surface area (TPSA) is 42.0 Å². The lowest BCUT2D eigenvalue weighted by Crippen LogP contribution is -2.11. The van der Waals surface area contributed by atoms with Crippen LogP contribution in [0.25, 0.3) is 0 Å². The number of carbonyl (C=O) groups excluding carboxylic acids is 1. The second kappa shape index (κ2) is 5.13. The number of aromatic nitrogens is 1. The third kappa shape index (κ3) is 2.68. The number of rotatable bonds is 2. The van der Waals surface area contributed by atoms with Gasteiger partial charge in [0, 0.05) is 10.4 Å². The number of carbonyl (C=O) groups is 1. The molecule has 1 atom stereocenters. The van der Waals surface area contributed by atoms with Crippen LogP contribution in [0.4, 0.5) is 5.13 Å². The molecule has 1 aliphatic rings. The number of hydrogen-bond donors (Lipinski definition) is 1. The van der Waals surface area contributed by atoms with Crippen LogP contribution in [0.2, 0.25) is 0 Å². The van der Waals surface area contributed by atoms with Crippen molar-refractivity contribution in [1.82, 2.24) is 4.98 Å². The number of fused-ring (bicyclic) bond motifs is 1. The molecule has 1 aliphatic carbocycles. The van der Waals surface area contributed by atoms with Crippen LogP contribution >= 0.6 is 11.3 Å². The fraction of sp³-hybridized carbons (Fsp3) is 0.333. The van der Waals surface area contributed by atoms with Gasteiger partial charge in [-0.15, -0.1) is 11.3 Å². The number of hydrogen-bond acceptors (Lipinski definition) is 3. The number of benzene rings is 1. The zero-order chi connectivity index (χ0) is 13.2. The lowest BCUT2D eigenvalue weighted by molar-refractivity contribution is 0.102. The van der Waals surface area contributed by atoms with Crippen molar-refractivity contribution in [3.63, 3.8) is 0 Å². The number of amides is 1. The van der Waals surface area contributed by atoms with E-state index in [9.17, 15) is 4.79 Å². The van der Waals surface area contributed by atoms with Crippen LogP contribution in [0.15, 0.2) is 30.3 Å². The average Bonchev–Trinajstić information content (AvgIpc) is 2.81. The molecule has 3 nitrogen and oxygen atoms in total. The number of nitrogens with one attached hydrogen (secondary N) is 1. The second-order valence-corrected chi connectivity index (χ2v) is 6.14. The van der Waals surface area contributed by atoms with E-state index in [0.717, 1.165) is 23.9 Å². The van der Waals surface area contributed by atoms with Gasteiger partial charge in [-0.2, -0.15) is 0 Å². The molecule has 1 aromatic carbocycles.